The average molecular weight is 463 g/mol. The first-order valence-electron chi connectivity index (χ1n) is 11.1. The molecule has 3 N–H and O–H groups in total. The molecule has 1 aliphatic rings. The third kappa shape index (κ3) is 4.61. The van der Waals surface area contributed by atoms with Gasteiger partial charge in [-0.1, -0.05) is 60.7 Å². The SMILES string of the molecule is N#C[C@H]1C(=O)Nc2nc(Nc3ccccc3)[nH]c(=O)c2[C@H]1c1ccc(OCc2ccccc2)cc1. The van der Waals surface area contributed by atoms with E-state index in [2.05, 4.69) is 20.6 Å². The number of anilines is 3. The van der Waals surface area contributed by atoms with E-state index >= 15 is 0 Å². The van der Waals surface area contributed by atoms with Crippen LogP contribution in [0.4, 0.5) is 17.5 Å². The summed E-state index contributed by atoms with van der Waals surface area (Å²) in [6.07, 6.45) is 0. The molecule has 0 fully saturated rings. The van der Waals surface area contributed by atoms with Gasteiger partial charge in [0.25, 0.3) is 5.56 Å². The normalized spacial score (nSPS) is 16.5. The molecular weight excluding hydrogens is 442 g/mol. The number of ether oxygens (including phenoxy) is 1. The fraction of sp³-hybridized carbons (Fsp3) is 0.111. The van der Waals surface area contributed by atoms with Crippen LogP contribution in [0.1, 0.15) is 22.6 Å². The van der Waals surface area contributed by atoms with Gasteiger partial charge in [-0.15, -0.1) is 0 Å². The Morgan fingerprint density at radius 1 is 0.943 bits per heavy atom. The van der Waals surface area contributed by atoms with Gasteiger partial charge in [-0.25, -0.2) is 0 Å². The van der Waals surface area contributed by atoms with Gasteiger partial charge in [-0.3, -0.25) is 14.6 Å². The van der Waals surface area contributed by atoms with Crippen LogP contribution < -0.4 is 20.9 Å². The summed E-state index contributed by atoms with van der Waals surface area (Å²) in [7, 11) is 0. The van der Waals surface area contributed by atoms with Crippen LogP contribution in [0.15, 0.2) is 89.7 Å². The molecule has 1 amide bonds. The molecule has 35 heavy (non-hydrogen) atoms. The number of aromatic nitrogens is 2. The number of carbonyl (C=O) groups excluding carboxylic acids is 1. The molecule has 3 aromatic carbocycles. The quantitative estimate of drug-likeness (QED) is 0.392. The molecule has 5 rings (SSSR count). The molecule has 2 atom stereocenters. The van der Waals surface area contributed by atoms with Crippen molar-refractivity contribution < 1.29 is 9.53 Å². The van der Waals surface area contributed by atoms with Crippen molar-refractivity contribution in [3.05, 3.63) is 112 Å². The molecule has 8 nitrogen and oxygen atoms in total. The number of nitrogens with zero attached hydrogens (tertiary/aromatic N) is 2. The van der Waals surface area contributed by atoms with Crippen molar-refractivity contribution in [1.29, 1.82) is 5.26 Å². The Morgan fingerprint density at radius 3 is 2.31 bits per heavy atom. The Bertz CT molecular complexity index is 1440. The number of hydrogen-bond donors (Lipinski definition) is 3. The van der Waals surface area contributed by atoms with Crippen molar-refractivity contribution >= 4 is 23.4 Å². The first kappa shape index (κ1) is 21.9. The number of H-pyrrole nitrogens is 1. The number of nitrogens with one attached hydrogen (secondary N) is 3. The van der Waals surface area contributed by atoms with E-state index in [-0.39, 0.29) is 17.3 Å². The van der Waals surface area contributed by atoms with Crippen molar-refractivity contribution in [2.75, 3.05) is 10.6 Å². The summed E-state index contributed by atoms with van der Waals surface area (Å²) in [4.78, 5) is 33.0. The molecule has 1 aliphatic heterocycles. The fourth-order valence-electron chi connectivity index (χ4n) is 4.10. The van der Waals surface area contributed by atoms with Gasteiger partial charge in [-0.05, 0) is 35.4 Å². The lowest BCUT2D eigenvalue weighted by Crippen LogP contribution is -2.38. The third-order valence-electron chi connectivity index (χ3n) is 5.79. The monoisotopic (exact) mass is 463 g/mol. The summed E-state index contributed by atoms with van der Waals surface area (Å²) in [6, 6.07) is 28.1. The smallest absolute Gasteiger partial charge is 0.258 e. The molecule has 4 aromatic rings. The minimum Gasteiger partial charge on any atom is -0.489 e. The fourth-order valence-corrected chi connectivity index (χ4v) is 4.10. The highest BCUT2D eigenvalue weighted by molar-refractivity contribution is 5.98. The molecule has 0 unspecified atom stereocenters. The topological polar surface area (TPSA) is 120 Å². The van der Waals surface area contributed by atoms with E-state index in [1.54, 1.807) is 24.3 Å². The number of fused-ring (bicyclic) bond motifs is 1. The molecular formula is C27H21N5O3. The Morgan fingerprint density at radius 2 is 1.63 bits per heavy atom. The number of nitriles is 1. The summed E-state index contributed by atoms with van der Waals surface area (Å²) in [5.41, 5.74) is 2.23. The summed E-state index contributed by atoms with van der Waals surface area (Å²) < 4.78 is 5.84. The van der Waals surface area contributed by atoms with Crippen LogP contribution >= 0.6 is 0 Å². The first-order chi connectivity index (χ1) is 17.1. The molecule has 0 saturated heterocycles. The number of benzene rings is 3. The van der Waals surface area contributed by atoms with Gasteiger partial charge < -0.3 is 15.4 Å². The molecule has 0 bridgehead atoms. The van der Waals surface area contributed by atoms with Gasteiger partial charge >= 0.3 is 0 Å². The number of para-hydroxylation sites is 1. The molecule has 1 aromatic heterocycles. The standard InChI is InChI=1S/C27H21N5O3/c28-15-21-22(18-11-13-20(14-12-18)35-16-17-7-3-1-4-8-17)23-24(30-25(21)33)31-27(32-26(23)34)29-19-9-5-2-6-10-19/h1-14,21-22H,16H2,(H3,29,30,31,32,33,34)/t21-,22+/m1/s1. The Hall–Kier alpha value is -4.90. The zero-order valence-electron chi connectivity index (χ0n) is 18.6. The van der Waals surface area contributed by atoms with E-state index in [1.165, 1.54) is 0 Å². The molecule has 0 aliphatic carbocycles. The van der Waals surface area contributed by atoms with Gasteiger partial charge in [0.2, 0.25) is 11.9 Å². The second-order valence-electron chi connectivity index (χ2n) is 8.08. The second kappa shape index (κ2) is 9.53. The Labute approximate surface area is 201 Å². The van der Waals surface area contributed by atoms with E-state index < -0.39 is 23.3 Å². The second-order valence-corrected chi connectivity index (χ2v) is 8.08. The number of rotatable bonds is 6. The zero-order valence-corrected chi connectivity index (χ0v) is 18.6. The summed E-state index contributed by atoms with van der Waals surface area (Å²) in [5, 5.41) is 15.4. The minimum absolute atomic E-state index is 0.137. The summed E-state index contributed by atoms with van der Waals surface area (Å²) in [6.45, 7) is 0.413. The van der Waals surface area contributed by atoms with E-state index in [0.717, 1.165) is 11.3 Å². The van der Waals surface area contributed by atoms with Crippen molar-refractivity contribution in [3.8, 4) is 11.8 Å². The maximum atomic E-state index is 13.1. The predicted molar refractivity (Wildman–Crippen MR) is 131 cm³/mol. The lowest BCUT2D eigenvalue weighted by Gasteiger charge is -2.28. The Balaban J connectivity index is 1.45. The van der Waals surface area contributed by atoms with E-state index in [9.17, 15) is 14.9 Å². The van der Waals surface area contributed by atoms with Gasteiger partial charge in [0.1, 0.15) is 24.1 Å². The van der Waals surface area contributed by atoms with Crippen LogP contribution in [0.3, 0.4) is 0 Å². The molecule has 8 heteroatoms. The van der Waals surface area contributed by atoms with Crippen molar-refractivity contribution in [1.82, 2.24) is 9.97 Å². The lowest BCUT2D eigenvalue weighted by atomic mass is 9.79. The number of amides is 1. The number of hydrogen-bond acceptors (Lipinski definition) is 6. The van der Waals surface area contributed by atoms with Crippen molar-refractivity contribution in [2.24, 2.45) is 5.92 Å². The summed E-state index contributed by atoms with van der Waals surface area (Å²) in [5.74, 6) is -1.38. The largest absolute Gasteiger partial charge is 0.489 e. The molecule has 0 radical (unpaired) electrons. The third-order valence-corrected chi connectivity index (χ3v) is 5.79. The maximum absolute atomic E-state index is 13.1. The van der Waals surface area contributed by atoms with Crippen molar-refractivity contribution in [2.45, 2.75) is 12.5 Å². The minimum atomic E-state index is -1.07. The van der Waals surface area contributed by atoms with Gasteiger partial charge in [0, 0.05) is 11.6 Å². The van der Waals surface area contributed by atoms with Crippen LogP contribution in [0.2, 0.25) is 0 Å². The van der Waals surface area contributed by atoms with Gasteiger partial charge in [-0.2, -0.15) is 10.2 Å². The van der Waals surface area contributed by atoms with Gasteiger partial charge in [0.15, 0.2) is 0 Å². The highest BCUT2D eigenvalue weighted by Crippen LogP contribution is 2.38. The molecule has 0 saturated carbocycles. The average Bonchev–Trinajstić information content (AvgIpc) is 2.88. The van der Waals surface area contributed by atoms with Crippen LogP contribution in [-0.4, -0.2) is 15.9 Å². The van der Waals surface area contributed by atoms with Crippen LogP contribution in [-0.2, 0) is 11.4 Å². The maximum Gasteiger partial charge on any atom is 0.258 e. The summed E-state index contributed by atoms with van der Waals surface area (Å²) >= 11 is 0. The van der Waals surface area contributed by atoms with E-state index in [0.29, 0.717) is 17.9 Å². The van der Waals surface area contributed by atoms with Crippen LogP contribution in [0.25, 0.3) is 0 Å². The van der Waals surface area contributed by atoms with E-state index in [4.69, 9.17) is 4.74 Å². The predicted octanol–water partition coefficient (Wildman–Crippen LogP) is 4.32. The number of carbonyl (C=O) groups is 1. The first-order valence-corrected chi connectivity index (χ1v) is 11.1. The lowest BCUT2D eigenvalue weighted by molar-refractivity contribution is -0.119. The van der Waals surface area contributed by atoms with Crippen molar-refractivity contribution in [3.63, 3.8) is 0 Å². The van der Waals surface area contributed by atoms with Gasteiger partial charge in [0.05, 0.1) is 11.6 Å². The van der Waals surface area contributed by atoms with Crippen LogP contribution in [0, 0.1) is 17.2 Å². The molecule has 0 spiro atoms. The zero-order chi connectivity index (χ0) is 24.2. The molecule has 2 heterocycles. The molecule has 172 valence electrons. The highest BCUT2D eigenvalue weighted by atomic mass is 16.5. The number of aromatic amines is 1. The van der Waals surface area contributed by atoms with Crippen LogP contribution in [0.5, 0.6) is 5.75 Å². The Kier molecular flexibility index (Phi) is 5.97. The van der Waals surface area contributed by atoms with E-state index in [1.807, 2.05) is 66.7 Å². The highest BCUT2D eigenvalue weighted by Gasteiger charge is 2.40.